The summed E-state index contributed by atoms with van der Waals surface area (Å²) in [7, 11) is 0. The number of nitrogens with one attached hydrogen (secondary N) is 1. The maximum atomic E-state index is 13.4. The molecule has 1 N–H and O–H groups in total. The first-order chi connectivity index (χ1) is 8.60. The van der Waals surface area contributed by atoms with Crippen molar-refractivity contribution >= 4 is 6.09 Å². The number of halogens is 2. The highest BCUT2D eigenvalue weighted by atomic mass is 19.1. The molecule has 1 aliphatic rings. The molecule has 2 rings (SSSR count). The van der Waals surface area contributed by atoms with Gasteiger partial charge in [0.05, 0.1) is 12.6 Å². The van der Waals surface area contributed by atoms with E-state index in [9.17, 15) is 13.6 Å². The summed E-state index contributed by atoms with van der Waals surface area (Å²) < 4.78 is 36.3. The molecule has 1 amide bonds. The number of hydrogen-bond acceptors (Lipinski definition) is 3. The lowest BCUT2D eigenvalue weighted by Gasteiger charge is -2.26. The first-order valence-electron chi connectivity index (χ1n) is 5.64. The van der Waals surface area contributed by atoms with E-state index in [0.29, 0.717) is 12.0 Å². The van der Waals surface area contributed by atoms with Crippen LogP contribution in [0.4, 0.5) is 13.6 Å². The summed E-state index contributed by atoms with van der Waals surface area (Å²) in [4.78, 5) is 11.2. The molecule has 1 aromatic rings. The Morgan fingerprint density at radius 2 is 2.33 bits per heavy atom. The third kappa shape index (κ3) is 2.69. The van der Waals surface area contributed by atoms with E-state index in [0.717, 1.165) is 6.07 Å². The van der Waals surface area contributed by atoms with E-state index in [1.807, 2.05) is 0 Å². The lowest BCUT2D eigenvalue weighted by Crippen LogP contribution is -2.43. The lowest BCUT2D eigenvalue weighted by atomic mass is 10.0. The summed E-state index contributed by atoms with van der Waals surface area (Å²) >= 11 is 0. The molecule has 1 heterocycles. The molecule has 98 valence electrons. The largest absolute Gasteiger partial charge is 0.488 e. The zero-order chi connectivity index (χ0) is 13.1. The van der Waals surface area contributed by atoms with Crippen LogP contribution < -0.4 is 10.1 Å². The maximum absolute atomic E-state index is 13.4. The summed E-state index contributed by atoms with van der Waals surface area (Å²) in [6.07, 6.45) is -0.255. The maximum Gasteiger partial charge on any atom is 0.407 e. The second-order valence-electron chi connectivity index (χ2n) is 3.95. The molecular weight excluding hydrogens is 244 g/mol. The molecule has 4 nitrogen and oxygen atoms in total. The van der Waals surface area contributed by atoms with E-state index in [1.54, 1.807) is 6.92 Å². The zero-order valence-electron chi connectivity index (χ0n) is 9.83. The average molecular weight is 257 g/mol. The minimum absolute atomic E-state index is 0.0540. The SMILES string of the molecule is CCOC(=O)NC1COc2c(F)cc(F)cc2C1. The second kappa shape index (κ2) is 5.20. The molecule has 0 radical (unpaired) electrons. The molecule has 1 atom stereocenters. The molecule has 18 heavy (non-hydrogen) atoms. The number of hydrogen-bond donors (Lipinski definition) is 1. The fourth-order valence-corrected chi connectivity index (χ4v) is 1.87. The van der Waals surface area contributed by atoms with Crippen LogP contribution in [-0.4, -0.2) is 25.3 Å². The smallest absolute Gasteiger partial charge is 0.407 e. The average Bonchev–Trinajstić information content (AvgIpc) is 2.28. The fraction of sp³-hybridized carbons (Fsp3) is 0.417. The number of benzene rings is 1. The van der Waals surface area contributed by atoms with Crippen LogP contribution in [0.1, 0.15) is 12.5 Å². The molecule has 0 saturated carbocycles. The van der Waals surface area contributed by atoms with E-state index >= 15 is 0 Å². The van der Waals surface area contributed by atoms with Crippen molar-refractivity contribution in [2.45, 2.75) is 19.4 Å². The highest BCUT2D eigenvalue weighted by molar-refractivity contribution is 5.67. The number of fused-ring (bicyclic) bond motifs is 1. The normalized spacial score (nSPS) is 17.6. The van der Waals surface area contributed by atoms with E-state index < -0.39 is 17.7 Å². The first kappa shape index (κ1) is 12.6. The van der Waals surface area contributed by atoms with Crippen LogP contribution in [0.2, 0.25) is 0 Å². The van der Waals surface area contributed by atoms with Crippen LogP contribution in [0, 0.1) is 11.6 Å². The van der Waals surface area contributed by atoms with Crippen LogP contribution in [0.3, 0.4) is 0 Å². The molecule has 1 aliphatic heterocycles. The van der Waals surface area contributed by atoms with Crippen molar-refractivity contribution in [2.75, 3.05) is 13.2 Å². The predicted octanol–water partition coefficient (Wildman–Crippen LogP) is 2.01. The van der Waals surface area contributed by atoms with Gasteiger partial charge in [0.25, 0.3) is 0 Å². The Hall–Kier alpha value is -1.85. The van der Waals surface area contributed by atoms with E-state index in [2.05, 4.69) is 5.32 Å². The Morgan fingerprint density at radius 1 is 1.56 bits per heavy atom. The van der Waals surface area contributed by atoms with E-state index in [1.165, 1.54) is 6.07 Å². The molecule has 0 saturated heterocycles. The highest BCUT2D eigenvalue weighted by Gasteiger charge is 2.25. The Morgan fingerprint density at radius 3 is 3.06 bits per heavy atom. The van der Waals surface area contributed by atoms with Gasteiger partial charge in [-0.3, -0.25) is 0 Å². The minimum Gasteiger partial charge on any atom is -0.488 e. The van der Waals surface area contributed by atoms with Gasteiger partial charge in [0.1, 0.15) is 12.4 Å². The van der Waals surface area contributed by atoms with Gasteiger partial charge in [0.2, 0.25) is 0 Å². The van der Waals surface area contributed by atoms with Crippen LogP contribution >= 0.6 is 0 Å². The number of alkyl carbamates (subject to hydrolysis) is 1. The summed E-state index contributed by atoms with van der Waals surface area (Å²) in [5.41, 5.74) is 0.403. The topological polar surface area (TPSA) is 47.6 Å². The Bertz CT molecular complexity index is 465. The molecule has 0 aromatic heterocycles. The van der Waals surface area contributed by atoms with Crippen molar-refractivity contribution in [1.82, 2.24) is 5.32 Å². The van der Waals surface area contributed by atoms with Gasteiger partial charge in [0, 0.05) is 11.6 Å². The first-order valence-corrected chi connectivity index (χ1v) is 5.64. The Balaban J connectivity index is 2.08. The molecule has 0 aliphatic carbocycles. The molecule has 0 spiro atoms. The van der Waals surface area contributed by atoms with E-state index in [-0.39, 0.29) is 25.0 Å². The van der Waals surface area contributed by atoms with Crippen molar-refractivity contribution < 1.29 is 23.0 Å². The summed E-state index contributed by atoms with van der Waals surface area (Å²) in [6, 6.07) is 1.63. The number of amides is 1. The van der Waals surface area contributed by atoms with Crippen LogP contribution in [0.25, 0.3) is 0 Å². The number of carbonyl (C=O) groups is 1. The van der Waals surface area contributed by atoms with Crippen molar-refractivity contribution in [3.8, 4) is 5.75 Å². The van der Waals surface area contributed by atoms with Crippen molar-refractivity contribution in [3.05, 3.63) is 29.3 Å². The van der Waals surface area contributed by atoms with Gasteiger partial charge in [-0.2, -0.15) is 0 Å². The summed E-state index contributed by atoms with van der Waals surface area (Å²) in [6.45, 7) is 2.09. The Kier molecular flexibility index (Phi) is 3.64. The van der Waals surface area contributed by atoms with Crippen LogP contribution in [0.15, 0.2) is 12.1 Å². The quantitative estimate of drug-likeness (QED) is 0.881. The van der Waals surface area contributed by atoms with Gasteiger partial charge < -0.3 is 14.8 Å². The van der Waals surface area contributed by atoms with Gasteiger partial charge in [-0.15, -0.1) is 0 Å². The molecule has 0 bridgehead atoms. The minimum atomic E-state index is -0.723. The fourth-order valence-electron chi connectivity index (χ4n) is 1.87. The molecular formula is C12H13F2NO3. The van der Waals surface area contributed by atoms with Crippen molar-refractivity contribution in [1.29, 1.82) is 0 Å². The van der Waals surface area contributed by atoms with Crippen molar-refractivity contribution in [3.63, 3.8) is 0 Å². The second-order valence-corrected chi connectivity index (χ2v) is 3.95. The molecule has 6 heteroatoms. The number of ether oxygens (including phenoxy) is 2. The monoisotopic (exact) mass is 257 g/mol. The standard InChI is InChI=1S/C12H13F2NO3/c1-2-17-12(16)15-9-4-7-3-8(13)5-10(14)11(7)18-6-9/h3,5,9H,2,4,6H2,1H3,(H,15,16). The summed E-state index contributed by atoms with van der Waals surface area (Å²) in [5.74, 6) is -1.33. The van der Waals surface area contributed by atoms with Crippen molar-refractivity contribution in [2.24, 2.45) is 0 Å². The van der Waals surface area contributed by atoms with Gasteiger partial charge >= 0.3 is 6.09 Å². The third-order valence-electron chi connectivity index (χ3n) is 2.58. The van der Waals surface area contributed by atoms with Gasteiger partial charge in [-0.1, -0.05) is 0 Å². The number of carbonyl (C=O) groups excluding carboxylic acids is 1. The van der Waals surface area contributed by atoms with Crippen LogP contribution in [-0.2, 0) is 11.2 Å². The van der Waals surface area contributed by atoms with Gasteiger partial charge in [-0.05, 0) is 19.4 Å². The third-order valence-corrected chi connectivity index (χ3v) is 2.58. The van der Waals surface area contributed by atoms with Crippen LogP contribution in [0.5, 0.6) is 5.75 Å². The number of rotatable bonds is 2. The lowest BCUT2D eigenvalue weighted by molar-refractivity contribution is 0.139. The predicted molar refractivity (Wildman–Crippen MR) is 59.5 cm³/mol. The highest BCUT2D eigenvalue weighted by Crippen LogP contribution is 2.28. The zero-order valence-corrected chi connectivity index (χ0v) is 9.83. The van der Waals surface area contributed by atoms with E-state index in [4.69, 9.17) is 9.47 Å². The van der Waals surface area contributed by atoms with Gasteiger partial charge in [-0.25, -0.2) is 13.6 Å². The van der Waals surface area contributed by atoms with Gasteiger partial charge in [0.15, 0.2) is 11.6 Å². The molecule has 1 unspecified atom stereocenters. The summed E-state index contributed by atoms with van der Waals surface area (Å²) in [5, 5.41) is 2.57. The molecule has 0 fully saturated rings. The molecule has 1 aromatic carbocycles. The Labute approximate surface area is 103 Å².